The van der Waals surface area contributed by atoms with E-state index in [0.29, 0.717) is 13.1 Å². The Morgan fingerprint density at radius 3 is 3.00 bits per heavy atom. The van der Waals surface area contributed by atoms with Crippen molar-refractivity contribution in [1.82, 2.24) is 9.88 Å². The minimum Gasteiger partial charge on any atom is -0.365 e. The summed E-state index contributed by atoms with van der Waals surface area (Å²) in [7, 11) is 0. The first-order valence-electron chi connectivity index (χ1n) is 7.11. The van der Waals surface area contributed by atoms with E-state index in [4.69, 9.17) is 0 Å². The van der Waals surface area contributed by atoms with E-state index in [1.54, 1.807) is 35.4 Å². The molecule has 2 heterocycles. The van der Waals surface area contributed by atoms with Crippen molar-refractivity contribution in [2.24, 2.45) is 0 Å². The molecule has 0 unspecified atom stereocenters. The number of nitrogens with zero attached hydrogens (tertiary/aromatic N) is 2. The molecule has 0 aliphatic carbocycles. The number of benzene rings is 1. The van der Waals surface area contributed by atoms with Gasteiger partial charge in [-0.3, -0.25) is 0 Å². The lowest BCUT2D eigenvalue weighted by atomic mass is 10.2. The fourth-order valence-electron chi connectivity index (χ4n) is 2.43. The Labute approximate surface area is 128 Å². The molecule has 1 aromatic heterocycles. The van der Waals surface area contributed by atoms with Gasteiger partial charge >= 0.3 is 6.03 Å². The highest BCUT2D eigenvalue weighted by Crippen LogP contribution is 2.17. The molecule has 5 nitrogen and oxygen atoms in total. The van der Waals surface area contributed by atoms with Crippen LogP contribution in [0.2, 0.25) is 0 Å². The van der Waals surface area contributed by atoms with Gasteiger partial charge < -0.3 is 15.5 Å². The van der Waals surface area contributed by atoms with Crippen molar-refractivity contribution in [2.75, 3.05) is 23.7 Å². The zero-order valence-electron chi connectivity index (χ0n) is 11.9. The van der Waals surface area contributed by atoms with Gasteiger partial charge in [0.05, 0.1) is 5.69 Å². The van der Waals surface area contributed by atoms with Crippen LogP contribution in [0.4, 0.5) is 20.7 Å². The normalized spacial score (nSPS) is 17.3. The Kier molecular flexibility index (Phi) is 4.18. The largest absolute Gasteiger partial charge is 0.365 e. The van der Waals surface area contributed by atoms with Gasteiger partial charge in [-0.15, -0.1) is 0 Å². The van der Waals surface area contributed by atoms with Gasteiger partial charge in [0.15, 0.2) is 0 Å². The van der Waals surface area contributed by atoms with E-state index in [-0.39, 0.29) is 17.8 Å². The molecule has 113 valence electrons. The maximum atomic E-state index is 13.5. The second-order valence-electron chi connectivity index (χ2n) is 5.13. The van der Waals surface area contributed by atoms with Crippen molar-refractivity contribution >= 4 is 17.5 Å². The Morgan fingerprint density at radius 2 is 2.23 bits per heavy atom. The van der Waals surface area contributed by atoms with E-state index < -0.39 is 5.82 Å². The summed E-state index contributed by atoms with van der Waals surface area (Å²) in [5.41, 5.74) is 0.198. The van der Waals surface area contributed by atoms with Crippen molar-refractivity contribution in [3.05, 3.63) is 54.5 Å². The lowest BCUT2D eigenvalue weighted by Crippen LogP contribution is -2.35. The van der Waals surface area contributed by atoms with Crippen LogP contribution in [0.5, 0.6) is 0 Å². The number of nitrogens with one attached hydrogen (secondary N) is 2. The number of rotatable bonds is 3. The summed E-state index contributed by atoms with van der Waals surface area (Å²) in [4.78, 5) is 18.0. The second-order valence-corrected chi connectivity index (χ2v) is 5.13. The van der Waals surface area contributed by atoms with Crippen LogP contribution in [0.25, 0.3) is 0 Å². The number of aromatic nitrogens is 1. The molecule has 2 aromatic rings. The number of hydrogen-bond acceptors (Lipinski definition) is 3. The van der Waals surface area contributed by atoms with Crippen LogP contribution in [-0.2, 0) is 0 Å². The molecule has 1 radical (unpaired) electrons. The molecular formula is C16H16FN4O. The van der Waals surface area contributed by atoms with Crippen LogP contribution in [0, 0.1) is 11.9 Å². The molecule has 1 saturated heterocycles. The summed E-state index contributed by atoms with van der Waals surface area (Å²) < 4.78 is 13.5. The van der Waals surface area contributed by atoms with Crippen LogP contribution in [0.1, 0.15) is 6.42 Å². The third kappa shape index (κ3) is 3.33. The number of para-hydroxylation sites is 1. The highest BCUT2D eigenvalue weighted by atomic mass is 19.1. The number of likely N-dealkylation sites (tertiary alicyclic amines) is 1. The summed E-state index contributed by atoms with van der Waals surface area (Å²) in [6.07, 6.45) is 2.42. The third-order valence-electron chi connectivity index (χ3n) is 3.56. The van der Waals surface area contributed by atoms with E-state index in [9.17, 15) is 9.18 Å². The Morgan fingerprint density at radius 1 is 1.36 bits per heavy atom. The number of hydrogen-bond donors (Lipinski definition) is 2. The monoisotopic (exact) mass is 299 g/mol. The molecule has 1 fully saturated rings. The number of urea groups is 1. The Hall–Kier alpha value is -2.63. The molecule has 0 bridgehead atoms. The molecule has 1 aromatic carbocycles. The predicted octanol–water partition coefficient (Wildman–Crippen LogP) is 2.74. The quantitative estimate of drug-likeness (QED) is 0.916. The average Bonchev–Trinajstić information content (AvgIpc) is 2.99. The van der Waals surface area contributed by atoms with E-state index in [1.807, 2.05) is 6.07 Å². The molecule has 1 aliphatic rings. The zero-order chi connectivity index (χ0) is 15.4. The van der Waals surface area contributed by atoms with Crippen LogP contribution >= 0.6 is 0 Å². The summed E-state index contributed by atoms with van der Waals surface area (Å²) in [6.45, 7) is 1.18. The smallest absolute Gasteiger partial charge is 0.321 e. The fourth-order valence-corrected chi connectivity index (χ4v) is 2.43. The van der Waals surface area contributed by atoms with Gasteiger partial charge in [-0.2, -0.15) is 0 Å². The molecule has 0 spiro atoms. The lowest BCUT2D eigenvalue weighted by Gasteiger charge is -2.18. The first-order valence-corrected chi connectivity index (χ1v) is 7.11. The number of anilines is 2. The van der Waals surface area contributed by atoms with Crippen molar-refractivity contribution in [3.8, 4) is 0 Å². The Balaban J connectivity index is 1.56. The summed E-state index contributed by atoms with van der Waals surface area (Å²) in [6, 6.07) is 12.5. The maximum absolute atomic E-state index is 13.5. The van der Waals surface area contributed by atoms with Crippen molar-refractivity contribution in [3.63, 3.8) is 0 Å². The SMILES string of the molecule is O=C(Nc1ccccc1F)N1CC[C@@H](Nc2cc[c]cn2)C1. The summed E-state index contributed by atoms with van der Waals surface area (Å²) in [5.74, 6) is 0.328. The van der Waals surface area contributed by atoms with Crippen LogP contribution in [0.15, 0.2) is 42.6 Å². The van der Waals surface area contributed by atoms with Gasteiger partial charge in [-0.1, -0.05) is 12.1 Å². The van der Waals surface area contributed by atoms with Gasteiger partial charge in [0.1, 0.15) is 11.6 Å². The number of amides is 2. The van der Waals surface area contributed by atoms with E-state index in [0.717, 1.165) is 12.2 Å². The molecule has 3 rings (SSSR count). The maximum Gasteiger partial charge on any atom is 0.321 e. The molecule has 2 N–H and O–H groups in total. The zero-order valence-corrected chi connectivity index (χ0v) is 11.9. The molecule has 1 atom stereocenters. The van der Waals surface area contributed by atoms with Crippen molar-refractivity contribution in [1.29, 1.82) is 0 Å². The number of halogens is 1. The summed E-state index contributed by atoms with van der Waals surface area (Å²) in [5, 5.41) is 5.87. The number of carbonyl (C=O) groups excluding carboxylic acids is 1. The van der Waals surface area contributed by atoms with Gasteiger partial charge in [0, 0.05) is 31.4 Å². The number of pyridine rings is 1. The molecule has 0 saturated carbocycles. The fraction of sp³-hybridized carbons (Fsp3) is 0.250. The summed E-state index contributed by atoms with van der Waals surface area (Å²) >= 11 is 0. The van der Waals surface area contributed by atoms with E-state index in [1.165, 1.54) is 6.07 Å². The minimum atomic E-state index is -0.436. The highest BCUT2D eigenvalue weighted by molar-refractivity contribution is 5.89. The Bertz CT molecular complexity index is 650. The van der Waals surface area contributed by atoms with E-state index >= 15 is 0 Å². The molecule has 6 heteroatoms. The van der Waals surface area contributed by atoms with Gasteiger partial charge in [0.25, 0.3) is 0 Å². The van der Waals surface area contributed by atoms with Crippen molar-refractivity contribution in [2.45, 2.75) is 12.5 Å². The van der Waals surface area contributed by atoms with Crippen LogP contribution in [-0.4, -0.2) is 35.0 Å². The van der Waals surface area contributed by atoms with Crippen LogP contribution in [0.3, 0.4) is 0 Å². The molecule has 2 amide bonds. The lowest BCUT2D eigenvalue weighted by molar-refractivity contribution is 0.222. The second kappa shape index (κ2) is 6.43. The first kappa shape index (κ1) is 14.3. The molecule has 22 heavy (non-hydrogen) atoms. The van der Waals surface area contributed by atoms with Crippen molar-refractivity contribution < 1.29 is 9.18 Å². The topological polar surface area (TPSA) is 57.3 Å². The first-order chi connectivity index (χ1) is 10.7. The van der Waals surface area contributed by atoms with Gasteiger partial charge in [-0.05, 0) is 30.7 Å². The molecule has 1 aliphatic heterocycles. The average molecular weight is 299 g/mol. The standard InChI is InChI=1S/C16H16FN4O/c17-13-5-1-2-6-14(13)20-16(22)21-10-8-12(11-21)19-15-7-3-4-9-18-15/h1-3,5-7,9,12H,8,10-11H2,(H,18,19)(H,20,22)/t12-/m1/s1. The van der Waals surface area contributed by atoms with Gasteiger partial charge in [-0.25, -0.2) is 14.2 Å². The molecular weight excluding hydrogens is 283 g/mol. The van der Waals surface area contributed by atoms with Crippen LogP contribution < -0.4 is 10.6 Å². The van der Waals surface area contributed by atoms with E-state index in [2.05, 4.69) is 21.7 Å². The minimum absolute atomic E-state index is 0.140. The third-order valence-corrected chi connectivity index (χ3v) is 3.56. The number of carbonyl (C=O) groups is 1. The van der Waals surface area contributed by atoms with Gasteiger partial charge in [0.2, 0.25) is 0 Å². The highest BCUT2D eigenvalue weighted by Gasteiger charge is 2.26. The predicted molar refractivity (Wildman–Crippen MR) is 82.1 cm³/mol.